The van der Waals surface area contributed by atoms with Crippen LogP contribution in [0.4, 0.5) is 0 Å². The van der Waals surface area contributed by atoms with Crippen LogP contribution in [0.2, 0.25) is 0 Å². The molecule has 2 rings (SSSR count). The molecule has 0 aliphatic rings. The quantitative estimate of drug-likeness (QED) is 0.422. The van der Waals surface area contributed by atoms with E-state index in [1.54, 1.807) is 4.31 Å². The van der Waals surface area contributed by atoms with Crippen molar-refractivity contribution >= 4 is 16.1 Å². The molecule has 0 heterocycles. The van der Waals surface area contributed by atoms with E-state index in [4.69, 9.17) is 0 Å². The van der Waals surface area contributed by atoms with Gasteiger partial charge >= 0.3 is 0 Å². The van der Waals surface area contributed by atoms with Crippen LogP contribution in [-0.4, -0.2) is 25.3 Å². The van der Waals surface area contributed by atoms with Gasteiger partial charge in [-0.25, -0.2) is 8.42 Å². The van der Waals surface area contributed by atoms with Gasteiger partial charge < -0.3 is 0 Å². The van der Waals surface area contributed by atoms with Crippen molar-refractivity contribution in [3.05, 3.63) is 88.7 Å². The lowest BCUT2D eigenvalue weighted by Gasteiger charge is -2.30. The maximum atomic E-state index is 13.9. The van der Waals surface area contributed by atoms with Crippen LogP contribution in [0.25, 0.3) is 6.08 Å². The third-order valence-corrected chi connectivity index (χ3v) is 7.30. The van der Waals surface area contributed by atoms with Gasteiger partial charge in [0.25, 0.3) is 0 Å². The Labute approximate surface area is 188 Å². The molecule has 0 N–H and O–H groups in total. The van der Waals surface area contributed by atoms with E-state index in [1.807, 2.05) is 94.5 Å². The molecule has 31 heavy (non-hydrogen) atoms. The Balaban J connectivity index is 2.56. The van der Waals surface area contributed by atoms with Crippen LogP contribution in [0.1, 0.15) is 49.4 Å². The predicted octanol–water partition coefficient (Wildman–Crippen LogP) is 6.46. The average molecular weight is 438 g/mol. The Bertz CT molecular complexity index is 1040. The summed E-state index contributed by atoms with van der Waals surface area (Å²) in [7, 11) is -3.71. The van der Waals surface area contributed by atoms with Crippen molar-refractivity contribution in [3.8, 4) is 0 Å². The first-order chi connectivity index (χ1) is 14.7. The molecule has 0 aliphatic carbocycles. The van der Waals surface area contributed by atoms with Crippen molar-refractivity contribution in [2.24, 2.45) is 5.92 Å². The molecule has 0 saturated carbocycles. The first-order valence-electron chi connectivity index (χ1n) is 10.8. The minimum absolute atomic E-state index is 0.276. The summed E-state index contributed by atoms with van der Waals surface area (Å²) in [4.78, 5) is 0.411. The monoisotopic (exact) mass is 437 g/mol. The maximum absolute atomic E-state index is 13.9. The van der Waals surface area contributed by atoms with Crippen molar-refractivity contribution in [1.82, 2.24) is 4.31 Å². The molecular formula is C27H35NO2S. The molecule has 0 saturated heterocycles. The van der Waals surface area contributed by atoms with E-state index in [0.717, 1.165) is 28.7 Å². The van der Waals surface area contributed by atoms with Gasteiger partial charge in [-0.15, -0.1) is 5.73 Å². The van der Waals surface area contributed by atoms with E-state index in [0.29, 0.717) is 17.4 Å². The van der Waals surface area contributed by atoms with Crippen molar-refractivity contribution in [1.29, 1.82) is 0 Å². The van der Waals surface area contributed by atoms with Crippen molar-refractivity contribution in [2.45, 2.75) is 58.9 Å². The van der Waals surface area contributed by atoms with Crippen LogP contribution in [0, 0.1) is 26.7 Å². The highest BCUT2D eigenvalue weighted by molar-refractivity contribution is 7.89. The molecule has 166 valence electrons. The van der Waals surface area contributed by atoms with Crippen LogP contribution >= 0.6 is 0 Å². The molecule has 0 aliphatic heterocycles. The smallest absolute Gasteiger partial charge is 0.207 e. The topological polar surface area (TPSA) is 37.4 Å². The first kappa shape index (κ1) is 24.9. The second kappa shape index (κ2) is 11.3. The zero-order valence-corrected chi connectivity index (χ0v) is 20.4. The molecule has 1 atom stereocenters. The van der Waals surface area contributed by atoms with Crippen LogP contribution < -0.4 is 0 Å². The highest BCUT2D eigenvalue weighted by Crippen LogP contribution is 2.28. The Morgan fingerprint density at radius 3 is 2.19 bits per heavy atom. The SMILES string of the molecule is CC=C=C[C@H](CC(C)C)N(C/C=C\c1ccccc1)S(=O)(=O)c1c(C)cc(C)cc1C. The summed E-state index contributed by atoms with van der Waals surface area (Å²) in [5.74, 6) is 0.343. The standard InChI is InChI=1S/C27H35NO2S/c1-7-8-16-26(18-21(2)3)28(17-12-15-25-13-10-9-11-14-25)31(29,30)27-23(5)19-22(4)20-24(27)6/h7,9-16,19-21,26H,17-18H2,1-6H3/b15-12-/t8?,26-/m1/s1. The number of rotatable bonds is 9. The van der Waals surface area contributed by atoms with Crippen LogP contribution in [0.5, 0.6) is 0 Å². The fourth-order valence-corrected chi connectivity index (χ4v) is 5.87. The Morgan fingerprint density at radius 1 is 1.03 bits per heavy atom. The summed E-state index contributed by atoms with van der Waals surface area (Å²) in [5, 5.41) is 0. The molecule has 0 bridgehead atoms. The molecule has 0 amide bonds. The number of hydrogen-bond acceptors (Lipinski definition) is 2. The summed E-state index contributed by atoms with van der Waals surface area (Å²) in [6.07, 6.45) is 8.34. The lowest BCUT2D eigenvalue weighted by molar-refractivity contribution is 0.344. The van der Waals surface area contributed by atoms with Gasteiger partial charge in [-0.3, -0.25) is 0 Å². The van der Waals surface area contributed by atoms with Gasteiger partial charge in [0.05, 0.1) is 10.9 Å². The molecule has 4 heteroatoms. The fourth-order valence-electron chi connectivity index (χ4n) is 3.92. The zero-order valence-electron chi connectivity index (χ0n) is 19.6. The maximum Gasteiger partial charge on any atom is 0.244 e. The lowest BCUT2D eigenvalue weighted by Crippen LogP contribution is -2.40. The van der Waals surface area contributed by atoms with E-state index in [2.05, 4.69) is 19.6 Å². The minimum atomic E-state index is -3.71. The second-order valence-electron chi connectivity index (χ2n) is 8.43. The minimum Gasteiger partial charge on any atom is -0.207 e. The normalized spacial score (nSPS) is 12.9. The third-order valence-electron chi connectivity index (χ3n) is 5.10. The highest BCUT2D eigenvalue weighted by atomic mass is 32.2. The van der Waals surface area contributed by atoms with E-state index in [-0.39, 0.29) is 6.04 Å². The molecule has 2 aromatic carbocycles. The Morgan fingerprint density at radius 2 is 1.65 bits per heavy atom. The summed E-state index contributed by atoms with van der Waals surface area (Å²) >= 11 is 0. The van der Waals surface area contributed by atoms with Crippen molar-refractivity contribution in [2.75, 3.05) is 6.54 Å². The third kappa shape index (κ3) is 6.80. The van der Waals surface area contributed by atoms with E-state index in [9.17, 15) is 8.42 Å². The molecule has 2 aromatic rings. The molecule has 0 unspecified atom stereocenters. The average Bonchev–Trinajstić information content (AvgIpc) is 2.68. The van der Waals surface area contributed by atoms with E-state index < -0.39 is 10.0 Å². The van der Waals surface area contributed by atoms with Gasteiger partial charge in [-0.2, -0.15) is 4.31 Å². The second-order valence-corrected chi connectivity index (χ2v) is 10.3. The van der Waals surface area contributed by atoms with Gasteiger partial charge in [-0.05, 0) is 68.9 Å². The van der Waals surface area contributed by atoms with Gasteiger partial charge in [0.2, 0.25) is 10.0 Å². The molecule has 0 radical (unpaired) electrons. The predicted molar refractivity (Wildman–Crippen MR) is 132 cm³/mol. The van der Waals surface area contributed by atoms with Crippen LogP contribution in [0.15, 0.2) is 71.3 Å². The number of benzene rings is 2. The van der Waals surface area contributed by atoms with Crippen molar-refractivity contribution in [3.63, 3.8) is 0 Å². The Hall–Kier alpha value is -2.39. The summed E-state index contributed by atoms with van der Waals surface area (Å²) in [6, 6.07) is 13.5. The first-order valence-corrected chi connectivity index (χ1v) is 12.3. The number of sulfonamides is 1. The number of nitrogens with zero attached hydrogens (tertiary/aromatic N) is 1. The van der Waals surface area contributed by atoms with Gasteiger partial charge in [0.15, 0.2) is 0 Å². The molecular weight excluding hydrogens is 402 g/mol. The van der Waals surface area contributed by atoms with Gasteiger partial charge in [-0.1, -0.05) is 74.0 Å². The van der Waals surface area contributed by atoms with Crippen LogP contribution in [-0.2, 0) is 10.0 Å². The van der Waals surface area contributed by atoms with E-state index in [1.165, 1.54) is 0 Å². The summed E-state index contributed by atoms with van der Waals surface area (Å²) in [5.41, 5.74) is 6.81. The number of aryl methyl sites for hydroxylation is 3. The van der Waals surface area contributed by atoms with Crippen molar-refractivity contribution < 1.29 is 8.42 Å². The molecule has 0 spiro atoms. The molecule has 0 aromatic heterocycles. The zero-order chi connectivity index (χ0) is 23.0. The summed E-state index contributed by atoms with van der Waals surface area (Å²) < 4.78 is 29.5. The van der Waals surface area contributed by atoms with Gasteiger partial charge in [0.1, 0.15) is 0 Å². The Kier molecular flexibility index (Phi) is 9.06. The van der Waals surface area contributed by atoms with Gasteiger partial charge in [0, 0.05) is 6.54 Å². The highest BCUT2D eigenvalue weighted by Gasteiger charge is 2.32. The largest absolute Gasteiger partial charge is 0.244 e. The lowest BCUT2D eigenvalue weighted by atomic mass is 10.0. The molecule has 0 fully saturated rings. The molecule has 3 nitrogen and oxygen atoms in total. The van der Waals surface area contributed by atoms with E-state index >= 15 is 0 Å². The van der Waals surface area contributed by atoms with Crippen LogP contribution in [0.3, 0.4) is 0 Å². The fraction of sp³-hybridized carbons (Fsp3) is 0.370. The summed E-state index contributed by atoms with van der Waals surface area (Å²) in [6.45, 7) is 12.2. The number of hydrogen-bond donors (Lipinski definition) is 0.